The van der Waals surface area contributed by atoms with Crippen molar-refractivity contribution in [3.63, 3.8) is 0 Å². The number of aromatic nitrogens is 2. The topological polar surface area (TPSA) is 56.3 Å². The molecule has 1 N–H and O–H groups in total. The Morgan fingerprint density at radius 3 is 2.15 bits per heavy atom. The van der Waals surface area contributed by atoms with Gasteiger partial charge >= 0.3 is 0 Å². The molecule has 1 aromatic carbocycles. The molecule has 0 amide bonds. The molecule has 0 radical (unpaired) electrons. The van der Waals surface area contributed by atoms with Gasteiger partial charge in [0, 0.05) is 32.2 Å². The summed E-state index contributed by atoms with van der Waals surface area (Å²) in [6.45, 7) is 2.56. The van der Waals surface area contributed by atoms with E-state index in [1.165, 1.54) is 5.56 Å². The molecule has 0 bridgehead atoms. The van der Waals surface area contributed by atoms with Crippen LogP contribution in [0.1, 0.15) is 5.56 Å². The van der Waals surface area contributed by atoms with Crippen molar-refractivity contribution >= 4 is 5.95 Å². The molecule has 5 heteroatoms. The molecule has 2 aromatic rings. The van der Waals surface area contributed by atoms with E-state index >= 15 is 0 Å². The van der Waals surface area contributed by atoms with E-state index in [9.17, 15) is 0 Å². The Hall–Kier alpha value is -1.98. The molecule has 0 aliphatic heterocycles. The van der Waals surface area contributed by atoms with Crippen molar-refractivity contribution in [3.05, 3.63) is 42.2 Å². The lowest BCUT2D eigenvalue weighted by molar-refractivity contribution is -0.0914. The minimum Gasteiger partial charge on any atom is -0.354 e. The van der Waals surface area contributed by atoms with Crippen LogP contribution in [0, 0.1) is 6.92 Å². The van der Waals surface area contributed by atoms with E-state index in [1.54, 1.807) is 26.6 Å². The van der Waals surface area contributed by atoms with Gasteiger partial charge in [-0.1, -0.05) is 29.8 Å². The normalized spacial score (nSPS) is 10.8. The SMILES string of the molecule is COC(CNc1ncc(-c2ccc(C)cc2)cn1)OC. The van der Waals surface area contributed by atoms with Crippen molar-refractivity contribution in [1.82, 2.24) is 9.97 Å². The number of ether oxygens (including phenoxy) is 2. The van der Waals surface area contributed by atoms with Crippen LogP contribution in [0.4, 0.5) is 5.95 Å². The van der Waals surface area contributed by atoms with Crippen molar-refractivity contribution in [3.8, 4) is 11.1 Å². The maximum absolute atomic E-state index is 5.09. The lowest BCUT2D eigenvalue weighted by Gasteiger charge is -2.13. The number of hydrogen-bond donors (Lipinski definition) is 1. The summed E-state index contributed by atoms with van der Waals surface area (Å²) < 4.78 is 10.2. The van der Waals surface area contributed by atoms with Crippen LogP contribution in [-0.4, -0.2) is 37.0 Å². The Labute approximate surface area is 119 Å². The van der Waals surface area contributed by atoms with Gasteiger partial charge in [0.05, 0.1) is 6.54 Å². The molecule has 0 unspecified atom stereocenters. The number of hydrogen-bond acceptors (Lipinski definition) is 5. The summed E-state index contributed by atoms with van der Waals surface area (Å²) in [5.74, 6) is 0.556. The van der Waals surface area contributed by atoms with Crippen molar-refractivity contribution in [2.24, 2.45) is 0 Å². The summed E-state index contributed by atoms with van der Waals surface area (Å²) in [7, 11) is 3.19. The first-order chi connectivity index (χ1) is 9.72. The zero-order valence-electron chi connectivity index (χ0n) is 12.0. The van der Waals surface area contributed by atoms with Gasteiger partial charge < -0.3 is 14.8 Å². The van der Waals surface area contributed by atoms with E-state index in [2.05, 4.69) is 46.5 Å². The van der Waals surface area contributed by atoms with Crippen LogP contribution in [-0.2, 0) is 9.47 Å². The first-order valence-electron chi connectivity index (χ1n) is 6.41. The monoisotopic (exact) mass is 273 g/mol. The van der Waals surface area contributed by atoms with Crippen molar-refractivity contribution in [1.29, 1.82) is 0 Å². The third-order valence-corrected chi connectivity index (χ3v) is 2.99. The van der Waals surface area contributed by atoms with Crippen molar-refractivity contribution in [2.75, 3.05) is 26.1 Å². The van der Waals surface area contributed by atoms with Gasteiger partial charge in [0.1, 0.15) is 0 Å². The smallest absolute Gasteiger partial charge is 0.222 e. The van der Waals surface area contributed by atoms with Crippen LogP contribution in [0.5, 0.6) is 0 Å². The standard InChI is InChI=1S/C15H19N3O2/c1-11-4-6-12(7-5-11)13-8-16-15(17-9-13)18-10-14(19-2)20-3/h4-9,14H,10H2,1-3H3,(H,16,17,18). The second-order valence-electron chi connectivity index (χ2n) is 4.44. The maximum atomic E-state index is 5.09. The van der Waals surface area contributed by atoms with Crippen LogP contribution >= 0.6 is 0 Å². The maximum Gasteiger partial charge on any atom is 0.222 e. The van der Waals surface area contributed by atoms with E-state index in [0.717, 1.165) is 11.1 Å². The number of benzene rings is 1. The fourth-order valence-corrected chi connectivity index (χ4v) is 1.75. The van der Waals surface area contributed by atoms with Crippen molar-refractivity contribution in [2.45, 2.75) is 13.2 Å². The third kappa shape index (κ3) is 3.76. The van der Waals surface area contributed by atoms with Gasteiger partial charge in [-0.15, -0.1) is 0 Å². The summed E-state index contributed by atoms with van der Waals surface area (Å²) in [6, 6.07) is 8.27. The average molecular weight is 273 g/mol. The minimum absolute atomic E-state index is 0.310. The van der Waals surface area contributed by atoms with Crippen molar-refractivity contribution < 1.29 is 9.47 Å². The van der Waals surface area contributed by atoms with E-state index in [-0.39, 0.29) is 6.29 Å². The first kappa shape index (κ1) is 14.4. The summed E-state index contributed by atoms with van der Waals surface area (Å²) in [6.07, 6.45) is 3.29. The van der Waals surface area contributed by atoms with E-state index < -0.39 is 0 Å². The Kier molecular flexibility index (Phi) is 5.03. The van der Waals surface area contributed by atoms with Gasteiger partial charge in [-0.2, -0.15) is 0 Å². The quantitative estimate of drug-likeness (QED) is 0.819. The summed E-state index contributed by atoms with van der Waals surface area (Å²) >= 11 is 0. The highest BCUT2D eigenvalue weighted by Gasteiger charge is 2.06. The van der Waals surface area contributed by atoms with Crippen LogP contribution in [0.25, 0.3) is 11.1 Å². The number of nitrogens with one attached hydrogen (secondary N) is 1. The van der Waals surface area contributed by atoms with Gasteiger partial charge in [-0.3, -0.25) is 0 Å². The summed E-state index contributed by atoms with van der Waals surface area (Å²) in [4.78, 5) is 8.57. The number of aryl methyl sites for hydroxylation is 1. The predicted octanol–water partition coefficient (Wildman–Crippen LogP) is 2.48. The molecular weight excluding hydrogens is 254 g/mol. The molecule has 1 heterocycles. The van der Waals surface area contributed by atoms with Crippen LogP contribution in [0.2, 0.25) is 0 Å². The molecule has 2 rings (SSSR count). The lowest BCUT2D eigenvalue weighted by Crippen LogP contribution is -2.24. The lowest BCUT2D eigenvalue weighted by atomic mass is 10.1. The zero-order valence-corrected chi connectivity index (χ0v) is 12.0. The predicted molar refractivity (Wildman–Crippen MR) is 78.5 cm³/mol. The Balaban J connectivity index is 2.01. The third-order valence-electron chi connectivity index (χ3n) is 2.99. The number of nitrogens with zero attached hydrogens (tertiary/aromatic N) is 2. The largest absolute Gasteiger partial charge is 0.354 e. The Morgan fingerprint density at radius 1 is 1.00 bits per heavy atom. The Morgan fingerprint density at radius 2 is 1.60 bits per heavy atom. The minimum atomic E-state index is -0.310. The van der Waals surface area contributed by atoms with Gasteiger partial charge in [-0.25, -0.2) is 9.97 Å². The number of anilines is 1. The first-order valence-corrected chi connectivity index (χ1v) is 6.41. The number of rotatable bonds is 6. The Bertz CT molecular complexity index is 522. The highest BCUT2D eigenvalue weighted by molar-refractivity contribution is 5.62. The molecule has 5 nitrogen and oxygen atoms in total. The van der Waals surface area contributed by atoms with Gasteiger partial charge in [0.2, 0.25) is 5.95 Å². The molecule has 1 aromatic heterocycles. The molecule has 0 spiro atoms. The van der Waals surface area contributed by atoms with Crippen LogP contribution in [0.15, 0.2) is 36.7 Å². The van der Waals surface area contributed by atoms with Gasteiger partial charge in [0.25, 0.3) is 0 Å². The summed E-state index contributed by atoms with van der Waals surface area (Å²) in [5.41, 5.74) is 3.33. The number of methoxy groups -OCH3 is 2. The second-order valence-corrected chi connectivity index (χ2v) is 4.44. The zero-order chi connectivity index (χ0) is 14.4. The highest BCUT2D eigenvalue weighted by atomic mass is 16.7. The molecular formula is C15H19N3O2. The highest BCUT2D eigenvalue weighted by Crippen LogP contribution is 2.18. The van der Waals surface area contributed by atoms with E-state index in [4.69, 9.17) is 9.47 Å². The molecule has 0 fully saturated rings. The average Bonchev–Trinajstić information content (AvgIpc) is 2.50. The van der Waals surface area contributed by atoms with E-state index in [1.807, 2.05) is 0 Å². The molecule has 0 aliphatic rings. The molecule has 0 aliphatic carbocycles. The molecule has 0 saturated heterocycles. The van der Waals surface area contributed by atoms with E-state index in [0.29, 0.717) is 12.5 Å². The van der Waals surface area contributed by atoms with Crippen LogP contribution < -0.4 is 5.32 Å². The second kappa shape index (κ2) is 6.98. The molecule has 20 heavy (non-hydrogen) atoms. The molecule has 0 saturated carbocycles. The molecule has 0 atom stereocenters. The fraction of sp³-hybridized carbons (Fsp3) is 0.333. The van der Waals surface area contributed by atoms with Gasteiger partial charge in [0.15, 0.2) is 6.29 Å². The van der Waals surface area contributed by atoms with Crippen LogP contribution in [0.3, 0.4) is 0 Å². The van der Waals surface area contributed by atoms with Gasteiger partial charge in [-0.05, 0) is 12.5 Å². The summed E-state index contributed by atoms with van der Waals surface area (Å²) in [5, 5.41) is 3.06. The fourth-order valence-electron chi connectivity index (χ4n) is 1.75. The molecule has 106 valence electrons.